The number of hydrogen-bond acceptors (Lipinski definition) is 3. The van der Waals surface area contributed by atoms with Gasteiger partial charge in [0.1, 0.15) is 11.7 Å². The van der Waals surface area contributed by atoms with Crippen molar-refractivity contribution in [2.45, 2.75) is 58.0 Å². The van der Waals surface area contributed by atoms with Crippen LogP contribution >= 0.6 is 0 Å². The second-order valence-corrected chi connectivity index (χ2v) is 5.79. The monoisotopic (exact) mass is 293 g/mol. The molecule has 0 spiro atoms. The van der Waals surface area contributed by atoms with Crippen molar-refractivity contribution in [2.75, 3.05) is 0 Å². The lowest BCUT2D eigenvalue weighted by Crippen LogP contribution is -2.45. The van der Waals surface area contributed by atoms with Crippen LogP contribution in [0.3, 0.4) is 0 Å². The van der Waals surface area contributed by atoms with E-state index in [1.165, 1.54) is 12.8 Å². The molecule has 0 aromatic carbocycles. The van der Waals surface area contributed by atoms with Gasteiger partial charge in [0.15, 0.2) is 0 Å². The Morgan fingerprint density at radius 2 is 2.14 bits per heavy atom. The highest BCUT2D eigenvalue weighted by molar-refractivity contribution is 5.94. The third-order valence-electron chi connectivity index (χ3n) is 4.31. The van der Waals surface area contributed by atoms with Crippen LogP contribution in [0, 0.1) is 5.92 Å². The van der Waals surface area contributed by atoms with Gasteiger partial charge in [0.2, 0.25) is 0 Å². The molecule has 21 heavy (non-hydrogen) atoms. The Bertz CT molecular complexity index is 506. The van der Waals surface area contributed by atoms with Crippen molar-refractivity contribution in [1.82, 2.24) is 15.1 Å². The lowest BCUT2D eigenvalue weighted by atomic mass is 9.99. The highest BCUT2D eigenvalue weighted by atomic mass is 16.4. The van der Waals surface area contributed by atoms with Crippen LogP contribution in [-0.2, 0) is 4.79 Å². The summed E-state index contributed by atoms with van der Waals surface area (Å²) in [4.78, 5) is 23.4. The molecule has 1 aliphatic rings. The van der Waals surface area contributed by atoms with Gasteiger partial charge in [-0.2, -0.15) is 5.10 Å². The zero-order valence-electron chi connectivity index (χ0n) is 12.6. The minimum absolute atomic E-state index is 0.122. The molecule has 116 valence electrons. The van der Waals surface area contributed by atoms with Crippen LogP contribution < -0.4 is 5.32 Å². The molecule has 1 heterocycles. The molecule has 0 saturated heterocycles. The van der Waals surface area contributed by atoms with Crippen LogP contribution in [0.15, 0.2) is 12.3 Å². The molecule has 2 rings (SSSR count). The predicted octanol–water partition coefficient (Wildman–Crippen LogP) is 2.23. The van der Waals surface area contributed by atoms with Crippen LogP contribution in [0.25, 0.3) is 0 Å². The molecule has 0 radical (unpaired) electrons. The molecule has 0 aliphatic heterocycles. The number of carboxylic acid groups (broad SMARTS) is 1. The van der Waals surface area contributed by atoms with Crippen molar-refractivity contribution >= 4 is 11.9 Å². The zero-order valence-corrected chi connectivity index (χ0v) is 12.6. The molecule has 0 bridgehead atoms. The first kappa shape index (κ1) is 15.5. The number of rotatable bonds is 6. The standard InChI is InChI=1S/C15H23N3O3/c1-3-10(2)13(15(20)21)16-14(19)12-8-9-18(17-12)11-6-4-5-7-11/h8-11,13H,3-7H2,1-2H3,(H,16,19)(H,20,21)/t10-,13-/m1/s1. The summed E-state index contributed by atoms with van der Waals surface area (Å²) in [6.07, 6.45) is 7.07. The van der Waals surface area contributed by atoms with E-state index < -0.39 is 17.9 Å². The summed E-state index contributed by atoms with van der Waals surface area (Å²) >= 11 is 0. The van der Waals surface area contributed by atoms with Gasteiger partial charge in [-0.1, -0.05) is 33.1 Å². The molecule has 1 aliphatic carbocycles. The van der Waals surface area contributed by atoms with Gasteiger partial charge in [0.05, 0.1) is 6.04 Å². The fourth-order valence-electron chi connectivity index (χ4n) is 2.73. The maximum Gasteiger partial charge on any atom is 0.326 e. The molecule has 6 heteroatoms. The topological polar surface area (TPSA) is 84.2 Å². The minimum Gasteiger partial charge on any atom is -0.480 e. The minimum atomic E-state index is -1.01. The van der Waals surface area contributed by atoms with E-state index in [0.717, 1.165) is 12.8 Å². The summed E-state index contributed by atoms with van der Waals surface area (Å²) in [6.45, 7) is 3.72. The maximum atomic E-state index is 12.2. The second-order valence-electron chi connectivity index (χ2n) is 5.79. The maximum absolute atomic E-state index is 12.2. The third-order valence-corrected chi connectivity index (χ3v) is 4.31. The lowest BCUT2D eigenvalue weighted by molar-refractivity contribution is -0.140. The van der Waals surface area contributed by atoms with Gasteiger partial charge in [0.25, 0.3) is 5.91 Å². The van der Waals surface area contributed by atoms with E-state index in [2.05, 4.69) is 10.4 Å². The molecule has 6 nitrogen and oxygen atoms in total. The van der Waals surface area contributed by atoms with Crippen LogP contribution in [0.5, 0.6) is 0 Å². The van der Waals surface area contributed by atoms with Crippen molar-refractivity contribution in [2.24, 2.45) is 5.92 Å². The average molecular weight is 293 g/mol. The van der Waals surface area contributed by atoms with E-state index in [9.17, 15) is 14.7 Å². The smallest absolute Gasteiger partial charge is 0.326 e. The van der Waals surface area contributed by atoms with Crippen molar-refractivity contribution in [3.63, 3.8) is 0 Å². The molecule has 1 fully saturated rings. The van der Waals surface area contributed by atoms with Crippen molar-refractivity contribution in [3.05, 3.63) is 18.0 Å². The van der Waals surface area contributed by atoms with Crippen molar-refractivity contribution in [3.8, 4) is 0 Å². The first-order valence-corrected chi connectivity index (χ1v) is 7.61. The highest BCUT2D eigenvalue weighted by Gasteiger charge is 2.27. The molecule has 1 saturated carbocycles. The predicted molar refractivity (Wildman–Crippen MR) is 78.1 cm³/mol. The van der Waals surface area contributed by atoms with E-state index in [1.54, 1.807) is 6.07 Å². The van der Waals surface area contributed by atoms with Gasteiger partial charge in [-0.25, -0.2) is 4.79 Å². The van der Waals surface area contributed by atoms with Crippen LogP contribution in [0.4, 0.5) is 0 Å². The number of carboxylic acids is 1. The number of carbonyl (C=O) groups is 2. The summed E-state index contributed by atoms with van der Waals surface area (Å²) in [5, 5.41) is 16.1. The Balaban J connectivity index is 2.03. The summed E-state index contributed by atoms with van der Waals surface area (Å²) < 4.78 is 1.83. The number of nitrogens with one attached hydrogen (secondary N) is 1. The Morgan fingerprint density at radius 1 is 1.48 bits per heavy atom. The second kappa shape index (κ2) is 6.74. The summed E-state index contributed by atoms with van der Waals surface area (Å²) in [5.41, 5.74) is 0.288. The molecule has 1 amide bonds. The summed E-state index contributed by atoms with van der Waals surface area (Å²) in [5.74, 6) is -1.55. The van der Waals surface area contributed by atoms with Gasteiger partial charge in [0, 0.05) is 6.20 Å². The molecule has 2 N–H and O–H groups in total. The van der Waals surface area contributed by atoms with Crippen LogP contribution in [0.2, 0.25) is 0 Å². The summed E-state index contributed by atoms with van der Waals surface area (Å²) in [7, 11) is 0. The number of aromatic nitrogens is 2. The lowest BCUT2D eigenvalue weighted by Gasteiger charge is -2.19. The molecule has 1 aromatic rings. The SMILES string of the molecule is CC[C@@H](C)[C@@H](NC(=O)c1ccn(C2CCCC2)n1)C(=O)O. The normalized spacial score (nSPS) is 18.4. The first-order valence-electron chi connectivity index (χ1n) is 7.61. The van der Waals surface area contributed by atoms with E-state index in [-0.39, 0.29) is 11.6 Å². The van der Waals surface area contributed by atoms with Gasteiger partial charge in [-0.05, 0) is 24.8 Å². The fourth-order valence-corrected chi connectivity index (χ4v) is 2.73. The number of aliphatic carboxylic acids is 1. The van der Waals surface area contributed by atoms with Crippen molar-refractivity contribution in [1.29, 1.82) is 0 Å². The average Bonchev–Trinajstić information content (AvgIpc) is 3.12. The highest BCUT2D eigenvalue weighted by Crippen LogP contribution is 2.28. The Kier molecular flexibility index (Phi) is 4.98. The number of amides is 1. The van der Waals surface area contributed by atoms with E-state index >= 15 is 0 Å². The van der Waals surface area contributed by atoms with Gasteiger partial charge in [-0.15, -0.1) is 0 Å². The zero-order chi connectivity index (χ0) is 15.4. The van der Waals surface area contributed by atoms with Crippen molar-refractivity contribution < 1.29 is 14.7 Å². The largest absolute Gasteiger partial charge is 0.480 e. The fraction of sp³-hybridized carbons (Fsp3) is 0.667. The number of hydrogen-bond donors (Lipinski definition) is 2. The van der Waals surface area contributed by atoms with Gasteiger partial charge < -0.3 is 10.4 Å². The summed E-state index contributed by atoms with van der Waals surface area (Å²) in [6, 6.07) is 1.15. The van der Waals surface area contributed by atoms with Gasteiger partial charge in [-0.3, -0.25) is 9.48 Å². The first-order chi connectivity index (χ1) is 10.0. The van der Waals surface area contributed by atoms with E-state index in [0.29, 0.717) is 12.5 Å². The van der Waals surface area contributed by atoms with E-state index in [4.69, 9.17) is 0 Å². The third kappa shape index (κ3) is 3.62. The number of nitrogens with zero attached hydrogens (tertiary/aromatic N) is 2. The Labute approximate surface area is 124 Å². The molecule has 1 aromatic heterocycles. The molecule has 0 unspecified atom stereocenters. The molecular weight excluding hydrogens is 270 g/mol. The Hall–Kier alpha value is -1.85. The number of carbonyl (C=O) groups excluding carboxylic acids is 1. The van der Waals surface area contributed by atoms with Crippen LogP contribution in [0.1, 0.15) is 62.5 Å². The quantitative estimate of drug-likeness (QED) is 0.842. The molecule has 2 atom stereocenters. The Morgan fingerprint density at radius 3 is 2.71 bits per heavy atom. The van der Waals surface area contributed by atoms with Gasteiger partial charge >= 0.3 is 5.97 Å². The van der Waals surface area contributed by atoms with Crippen LogP contribution in [-0.4, -0.2) is 32.8 Å². The van der Waals surface area contributed by atoms with E-state index in [1.807, 2.05) is 24.7 Å². The molecular formula is C15H23N3O3.